The van der Waals surface area contributed by atoms with Crippen LogP contribution in [0.2, 0.25) is 0 Å². The normalized spacial score (nSPS) is 11.8. The van der Waals surface area contributed by atoms with Gasteiger partial charge in [-0.05, 0) is 37.6 Å². The van der Waals surface area contributed by atoms with Crippen molar-refractivity contribution in [2.45, 2.75) is 19.9 Å². The van der Waals surface area contributed by atoms with Gasteiger partial charge in [-0.3, -0.25) is 4.79 Å². The van der Waals surface area contributed by atoms with Gasteiger partial charge in [-0.25, -0.2) is 0 Å². The minimum Gasteiger partial charge on any atom is -0.496 e. The van der Waals surface area contributed by atoms with E-state index in [-0.39, 0.29) is 18.5 Å². The van der Waals surface area contributed by atoms with Gasteiger partial charge in [-0.2, -0.15) is 0 Å². The van der Waals surface area contributed by atoms with Gasteiger partial charge in [0.25, 0.3) is 0 Å². The summed E-state index contributed by atoms with van der Waals surface area (Å²) in [7, 11) is 1.65. The fourth-order valence-electron chi connectivity index (χ4n) is 2.26. The van der Waals surface area contributed by atoms with E-state index >= 15 is 0 Å². The van der Waals surface area contributed by atoms with Gasteiger partial charge in [0.15, 0.2) is 0 Å². The Balaban J connectivity index is 1.92. The van der Waals surface area contributed by atoms with Crippen molar-refractivity contribution in [1.29, 1.82) is 0 Å². The second-order valence-electron chi connectivity index (χ2n) is 5.36. The highest BCUT2D eigenvalue weighted by atomic mass is 79.9. The number of halogens is 1. The third kappa shape index (κ3) is 4.81. The Morgan fingerprint density at radius 3 is 2.70 bits per heavy atom. The molecule has 1 atom stereocenters. The zero-order valence-corrected chi connectivity index (χ0v) is 15.1. The van der Waals surface area contributed by atoms with E-state index in [1.807, 2.05) is 56.3 Å². The lowest BCUT2D eigenvalue weighted by Gasteiger charge is -2.17. The summed E-state index contributed by atoms with van der Waals surface area (Å²) >= 11 is 3.46. The lowest BCUT2D eigenvalue weighted by molar-refractivity contribution is -0.115. The van der Waals surface area contributed by atoms with E-state index in [2.05, 4.69) is 26.6 Å². The topological polar surface area (TPSA) is 50.4 Å². The van der Waals surface area contributed by atoms with Gasteiger partial charge in [-0.1, -0.05) is 40.2 Å². The molecule has 2 rings (SSSR count). The molecule has 23 heavy (non-hydrogen) atoms. The van der Waals surface area contributed by atoms with Crippen molar-refractivity contribution in [3.8, 4) is 5.75 Å². The fraction of sp³-hybridized carbons (Fsp3) is 0.278. The second-order valence-corrected chi connectivity index (χ2v) is 6.21. The van der Waals surface area contributed by atoms with Crippen molar-refractivity contribution >= 4 is 27.5 Å². The van der Waals surface area contributed by atoms with E-state index in [1.165, 1.54) is 0 Å². The summed E-state index contributed by atoms with van der Waals surface area (Å²) in [6.07, 6.45) is 0. The monoisotopic (exact) mass is 376 g/mol. The number of aryl methyl sites for hydroxylation is 1. The predicted molar refractivity (Wildman–Crippen MR) is 96.9 cm³/mol. The number of hydrogen-bond acceptors (Lipinski definition) is 3. The molecule has 0 fully saturated rings. The Kier molecular flexibility index (Phi) is 6.19. The van der Waals surface area contributed by atoms with E-state index in [0.717, 1.165) is 27.0 Å². The molecule has 2 aromatic rings. The molecule has 0 aliphatic carbocycles. The average Bonchev–Trinajstić information content (AvgIpc) is 2.56. The molecule has 122 valence electrons. The Bertz CT molecular complexity index is 688. The molecule has 0 spiro atoms. The molecule has 0 aliphatic rings. The molecule has 0 heterocycles. The predicted octanol–water partition coefficient (Wildman–Crippen LogP) is 4.06. The number of methoxy groups -OCH3 is 1. The van der Waals surface area contributed by atoms with Gasteiger partial charge < -0.3 is 15.4 Å². The smallest absolute Gasteiger partial charge is 0.238 e. The van der Waals surface area contributed by atoms with Crippen LogP contribution in [0.3, 0.4) is 0 Å². The van der Waals surface area contributed by atoms with Crippen molar-refractivity contribution in [3.05, 3.63) is 58.1 Å². The number of anilines is 1. The van der Waals surface area contributed by atoms with Crippen LogP contribution in [0.15, 0.2) is 46.9 Å². The number of para-hydroxylation sites is 1. The van der Waals surface area contributed by atoms with Crippen molar-refractivity contribution in [1.82, 2.24) is 5.32 Å². The lowest BCUT2D eigenvalue weighted by Crippen LogP contribution is -2.30. The van der Waals surface area contributed by atoms with E-state index in [0.29, 0.717) is 0 Å². The third-order valence-electron chi connectivity index (χ3n) is 3.63. The van der Waals surface area contributed by atoms with Crippen LogP contribution in [-0.4, -0.2) is 19.6 Å². The van der Waals surface area contributed by atoms with Crippen LogP contribution in [0, 0.1) is 6.92 Å². The molecule has 2 N–H and O–H groups in total. The number of hydrogen-bond donors (Lipinski definition) is 2. The molecular formula is C18H21BrN2O2. The molecule has 5 heteroatoms. The molecule has 0 unspecified atom stereocenters. The summed E-state index contributed by atoms with van der Waals surface area (Å²) in [6, 6.07) is 13.6. The second kappa shape index (κ2) is 8.13. The molecule has 0 saturated carbocycles. The molecule has 0 aliphatic heterocycles. The van der Waals surface area contributed by atoms with Crippen molar-refractivity contribution in [2.24, 2.45) is 0 Å². The number of benzene rings is 2. The van der Waals surface area contributed by atoms with Gasteiger partial charge in [-0.15, -0.1) is 0 Å². The van der Waals surface area contributed by atoms with E-state index in [4.69, 9.17) is 4.74 Å². The van der Waals surface area contributed by atoms with Gasteiger partial charge in [0.2, 0.25) is 5.91 Å². The van der Waals surface area contributed by atoms with E-state index in [1.54, 1.807) is 7.11 Å². The Labute approximate surface area is 145 Å². The van der Waals surface area contributed by atoms with E-state index in [9.17, 15) is 4.79 Å². The number of carbonyl (C=O) groups is 1. The summed E-state index contributed by atoms with van der Waals surface area (Å²) in [5.41, 5.74) is 2.94. The molecule has 0 bridgehead atoms. The van der Waals surface area contributed by atoms with Gasteiger partial charge in [0.1, 0.15) is 5.75 Å². The zero-order chi connectivity index (χ0) is 16.8. The van der Waals surface area contributed by atoms with Crippen LogP contribution in [0.1, 0.15) is 24.1 Å². The summed E-state index contributed by atoms with van der Waals surface area (Å²) in [5, 5.41) is 6.10. The molecule has 0 saturated heterocycles. The highest BCUT2D eigenvalue weighted by molar-refractivity contribution is 9.10. The largest absolute Gasteiger partial charge is 0.496 e. The quantitative estimate of drug-likeness (QED) is 0.799. The first-order valence-corrected chi connectivity index (χ1v) is 8.23. The maximum atomic E-state index is 12.1. The summed E-state index contributed by atoms with van der Waals surface area (Å²) in [6.45, 7) is 4.24. The van der Waals surface area contributed by atoms with Crippen molar-refractivity contribution < 1.29 is 9.53 Å². The summed E-state index contributed by atoms with van der Waals surface area (Å²) < 4.78 is 6.32. The first-order chi connectivity index (χ1) is 11.0. The molecule has 1 amide bonds. The molecule has 0 aromatic heterocycles. The third-order valence-corrected chi connectivity index (χ3v) is 4.48. The number of nitrogens with one attached hydrogen (secondary N) is 2. The summed E-state index contributed by atoms with van der Waals surface area (Å²) in [4.78, 5) is 12.1. The Morgan fingerprint density at radius 2 is 2.00 bits per heavy atom. The number of carbonyl (C=O) groups excluding carboxylic acids is 1. The first kappa shape index (κ1) is 17.5. The van der Waals surface area contributed by atoms with Gasteiger partial charge >= 0.3 is 0 Å². The highest BCUT2D eigenvalue weighted by Crippen LogP contribution is 2.24. The van der Waals surface area contributed by atoms with Crippen LogP contribution in [0.5, 0.6) is 5.75 Å². The lowest BCUT2D eigenvalue weighted by atomic mass is 10.1. The molecule has 2 aromatic carbocycles. The standard InChI is InChI=1S/C18H21BrN2O2/c1-12-8-9-14(10-16(12)19)21-18(22)11-20-13(2)15-6-4-5-7-17(15)23-3/h4-10,13,20H,11H2,1-3H3,(H,21,22)/t13-/m1/s1. The van der Waals surface area contributed by atoms with Gasteiger partial charge in [0.05, 0.1) is 13.7 Å². The van der Waals surface area contributed by atoms with Gasteiger partial charge in [0, 0.05) is 21.8 Å². The molecule has 0 radical (unpaired) electrons. The van der Waals surface area contributed by atoms with Crippen LogP contribution in [-0.2, 0) is 4.79 Å². The molecule has 4 nitrogen and oxygen atoms in total. The maximum Gasteiger partial charge on any atom is 0.238 e. The molecular weight excluding hydrogens is 356 g/mol. The first-order valence-electron chi connectivity index (χ1n) is 7.43. The van der Waals surface area contributed by atoms with Crippen LogP contribution >= 0.6 is 15.9 Å². The highest BCUT2D eigenvalue weighted by Gasteiger charge is 2.12. The minimum atomic E-state index is -0.0810. The van der Waals surface area contributed by atoms with Crippen molar-refractivity contribution in [2.75, 3.05) is 19.0 Å². The fourth-order valence-corrected chi connectivity index (χ4v) is 2.63. The number of rotatable bonds is 6. The Hall–Kier alpha value is -1.85. The van der Waals surface area contributed by atoms with Crippen LogP contribution < -0.4 is 15.4 Å². The summed E-state index contributed by atoms with van der Waals surface area (Å²) in [5.74, 6) is 0.734. The maximum absolute atomic E-state index is 12.1. The van der Waals surface area contributed by atoms with E-state index < -0.39 is 0 Å². The van der Waals surface area contributed by atoms with Crippen LogP contribution in [0.25, 0.3) is 0 Å². The zero-order valence-electron chi connectivity index (χ0n) is 13.5. The Morgan fingerprint density at radius 1 is 1.26 bits per heavy atom. The number of ether oxygens (including phenoxy) is 1. The average molecular weight is 377 g/mol. The number of amides is 1. The SMILES string of the molecule is COc1ccccc1[C@@H](C)NCC(=O)Nc1ccc(C)c(Br)c1. The van der Waals surface area contributed by atoms with Crippen molar-refractivity contribution in [3.63, 3.8) is 0 Å². The van der Waals surface area contributed by atoms with Crippen LogP contribution in [0.4, 0.5) is 5.69 Å². The minimum absolute atomic E-state index is 0.0154.